The van der Waals surface area contributed by atoms with Crippen LogP contribution in [0.5, 0.6) is 0 Å². The predicted molar refractivity (Wildman–Crippen MR) is 119 cm³/mol. The molecule has 0 aliphatic carbocycles. The maximum absolute atomic E-state index is 12.8. The van der Waals surface area contributed by atoms with Crippen molar-refractivity contribution in [3.05, 3.63) is 35.4 Å². The molecule has 33 heavy (non-hydrogen) atoms. The van der Waals surface area contributed by atoms with Crippen LogP contribution in [-0.2, 0) is 25.7 Å². The number of benzene rings is 1. The van der Waals surface area contributed by atoms with Crippen LogP contribution in [0.25, 0.3) is 0 Å². The summed E-state index contributed by atoms with van der Waals surface area (Å²) >= 11 is 0. The van der Waals surface area contributed by atoms with Crippen molar-refractivity contribution in [2.75, 3.05) is 14.1 Å². The number of hydrogen-bond acceptors (Lipinski definition) is 6. The zero-order valence-electron chi connectivity index (χ0n) is 19.4. The van der Waals surface area contributed by atoms with Gasteiger partial charge >= 0.3 is 11.9 Å². The number of aliphatic carboxylic acids is 2. The molecular formula is C22H32N4O7. The molecule has 0 aromatic heterocycles. The van der Waals surface area contributed by atoms with Gasteiger partial charge in [-0.1, -0.05) is 26.0 Å². The van der Waals surface area contributed by atoms with Gasteiger partial charge in [-0.05, 0) is 44.6 Å². The fraction of sp³-hybridized carbons (Fsp3) is 0.500. The van der Waals surface area contributed by atoms with E-state index in [1.54, 1.807) is 32.0 Å². The van der Waals surface area contributed by atoms with Gasteiger partial charge in [0, 0.05) is 12.1 Å². The number of carbonyl (C=O) groups excluding carboxylic acids is 3. The first-order valence-electron chi connectivity index (χ1n) is 10.4. The van der Waals surface area contributed by atoms with E-state index in [1.807, 2.05) is 25.1 Å². The zero-order chi connectivity index (χ0) is 25.3. The lowest BCUT2D eigenvalue weighted by Gasteiger charge is -2.24. The van der Waals surface area contributed by atoms with Crippen LogP contribution in [0.15, 0.2) is 24.3 Å². The van der Waals surface area contributed by atoms with E-state index in [0.717, 1.165) is 5.56 Å². The minimum atomic E-state index is -1.63. The molecule has 0 bridgehead atoms. The minimum absolute atomic E-state index is 0.312. The Labute approximate surface area is 192 Å². The first-order chi connectivity index (χ1) is 15.3. The van der Waals surface area contributed by atoms with Crippen LogP contribution < -0.4 is 16.0 Å². The van der Waals surface area contributed by atoms with Crippen LogP contribution in [-0.4, -0.2) is 77.0 Å². The summed E-state index contributed by atoms with van der Waals surface area (Å²) in [6.07, 6.45) is -0.806. The zero-order valence-corrected chi connectivity index (χ0v) is 19.4. The lowest BCUT2D eigenvalue weighted by molar-refractivity contribution is -0.147. The van der Waals surface area contributed by atoms with Gasteiger partial charge in [0.05, 0.1) is 6.42 Å². The van der Waals surface area contributed by atoms with Crippen molar-refractivity contribution in [3.8, 4) is 0 Å². The van der Waals surface area contributed by atoms with E-state index in [4.69, 9.17) is 10.2 Å². The number of nitrogens with one attached hydrogen (secondary N) is 3. The summed E-state index contributed by atoms with van der Waals surface area (Å²) in [5.74, 6) is -5.15. The van der Waals surface area contributed by atoms with Crippen molar-refractivity contribution in [3.63, 3.8) is 0 Å². The molecule has 0 saturated heterocycles. The van der Waals surface area contributed by atoms with Crippen LogP contribution >= 0.6 is 0 Å². The average Bonchev–Trinajstić information content (AvgIpc) is 2.70. The topological polar surface area (TPSA) is 165 Å². The van der Waals surface area contributed by atoms with Gasteiger partial charge in [-0.2, -0.15) is 0 Å². The van der Waals surface area contributed by atoms with Crippen molar-refractivity contribution < 1.29 is 34.2 Å². The van der Waals surface area contributed by atoms with Crippen molar-refractivity contribution in [1.29, 1.82) is 0 Å². The number of carboxylic acids is 2. The van der Waals surface area contributed by atoms with Crippen LogP contribution in [0.2, 0.25) is 0 Å². The lowest BCUT2D eigenvalue weighted by atomic mass is 10.0. The summed E-state index contributed by atoms with van der Waals surface area (Å²) in [5.41, 5.74) is 1.31. The SMILES string of the molecule is CC(C)[C@H](NC(=O)c1cccc(CN(C)C)c1)C(=O)N[C@@H](C)C(=O)N[C@@H](CC(=O)O)C(=O)O. The smallest absolute Gasteiger partial charge is 0.326 e. The van der Waals surface area contributed by atoms with E-state index >= 15 is 0 Å². The van der Waals surface area contributed by atoms with E-state index in [1.165, 1.54) is 6.92 Å². The Morgan fingerprint density at radius 3 is 2.09 bits per heavy atom. The Morgan fingerprint density at radius 1 is 0.939 bits per heavy atom. The average molecular weight is 465 g/mol. The molecule has 11 nitrogen and oxygen atoms in total. The highest BCUT2D eigenvalue weighted by Gasteiger charge is 2.29. The van der Waals surface area contributed by atoms with Gasteiger partial charge in [-0.3, -0.25) is 19.2 Å². The molecule has 0 heterocycles. The van der Waals surface area contributed by atoms with Gasteiger partial charge in [0.2, 0.25) is 11.8 Å². The van der Waals surface area contributed by atoms with E-state index in [0.29, 0.717) is 12.1 Å². The fourth-order valence-corrected chi connectivity index (χ4v) is 2.98. The van der Waals surface area contributed by atoms with Crippen LogP contribution in [0.1, 0.15) is 43.1 Å². The molecular weight excluding hydrogens is 432 g/mol. The second-order valence-corrected chi connectivity index (χ2v) is 8.36. The lowest BCUT2D eigenvalue weighted by Crippen LogP contribution is -2.56. The van der Waals surface area contributed by atoms with Crippen LogP contribution in [0.4, 0.5) is 0 Å². The van der Waals surface area contributed by atoms with E-state index in [9.17, 15) is 24.0 Å². The van der Waals surface area contributed by atoms with Gasteiger partial charge in [0.25, 0.3) is 5.91 Å². The van der Waals surface area contributed by atoms with Crippen LogP contribution in [0.3, 0.4) is 0 Å². The number of carbonyl (C=O) groups is 5. The number of amides is 3. The minimum Gasteiger partial charge on any atom is -0.481 e. The maximum atomic E-state index is 12.8. The summed E-state index contributed by atoms with van der Waals surface area (Å²) in [5, 5.41) is 25.0. The second-order valence-electron chi connectivity index (χ2n) is 8.36. The molecule has 0 saturated carbocycles. The summed E-state index contributed by atoms with van der Waals surface area (Å²) in [6, 6.07) is 3.25. The summed E-state index contributed by atoms with van der Waals surface area (Å²) in [7, 11) is 3.81. The third-order valence-corrected chi connectivity index (χ3v) is 4.67. The molecule has 0 unspecified atom stereocenters. The number of nitrogens with zero attached hydrogens (tertiary/aromatic N) is 1. The largest absolute Gasteiger partial charge is 0.481 e. The highest BCUT2D eigenvalue weighted by atomic mass is 16.4. The van der Waals surface area contributed by atoms with Crippen molar-refractivity contribution in [1.82, 2.24) is 20.9 Å². The third kappa shape index (κ3) is 9.27. The predicted octanol–water partition coefficient (Wildman–Crippen LogP) is 0.0514. The molecule has 0 aliphatic heterocycles. The molecule has 0 spiro atoms. The molecule has 0 aliphatic rings. The highest BCUT2D eigenvalue weighted by Crippen LogP contribution is 2.10. The maximum Gasteiger partial charge on any atom is 0.326 e. The van der Waals surface area contributed by atoms with Gasteiger partial charge in [-0.15, -0.1) is 0 Å². The molecule has 11 heteroatoms. The first-order valence-corrected chi connectivity index (χ1v) is 10.4. The first kappa shape index (κ1) is 27.6. The molecule has 5 N–H and O–H groups in total. The van der Waals surface area contributed by atoms with Gasteiger partial charge in [-0.25, -0.2) is 4.79 Å². The second kappa shape index (κ2) is 12.5. The monoisotopic (exact) mass is 464 g/mol. The number of hydrogen-bond donors (Lipinski definition) is 5. The Kier molecular flexibility index (Phi) is 10.5. The highest BCUT2D eigenvalue weighted by molar-refractivity contribution is 5.98. The number of rotatable bonds is 12. The molecule has 1 aromatic rings. The van der Waals surface area contributed by atoms with Crippen molar-refractivity contribution in [2.45, 2.75) is 51.9 Å². The fourth-order valence-electron chi connectivity index (χ4n) is 2.98. The number of carboxylic acid groups (broad SMARTS) is 2. The standard InChI is InChI=1S/C22H32N4O7/c1-12(2)18(25-20(30)15-8-6-7-14(9-15)11-26(4)5)21(31)23-13(3)19(29)24-16(22(32)33)10-17(27)28/h6-9,12-13,16,18H,10-11H2,1-5H3,(H,23,31)(H,24,29)(H,25,30)(H,27,28)(H,32,33)/t13-,16-,18-/m0/s1. The van der Waals surface area contributed by atoms with E-state index in [-0.39, 0.29) is 5.92 Å². The van der Waals surface area contributed by atoms with Crippen molar-refractivity contribution >= 4 is 29.7 Å². The normalized spacial score (nSPS) is 13.7. The molecule has 1 rings (SSSR count). The van der Waals surface area contributed by atoms with E-state index in [2.05, 4.69) is 16.0 Å². The molecule has 182 valence electrons. The van der Waals surface area contributed by atoms with Crippen LogP contribution in [0, 0.1) is 5.92 Å². The summed E-state index contributed by atoms with van der Waals surface area (Å²) in [6.45, 7) is 5.42. The third-order valence-electron chi connectivity index (χ3n) is 4.67. The Bertz CT molecular complexity index is 885. The summed E-state index contributed by atoms with van der Waals surface area (Å²) in [4.78, 5) is 61.6. The summed E-state index contributed by atoms with van der Waals surface area (Å²) < 4.78 is 0. The quantitative estimate of drug-likeness (QED) is 0.289. The van der Waals surface area contributed by atoms with Crippen molar-refractivity contribution in [2.24, 2.45) is 5.92 Å². The van der Waals surface area contributed by atoms with Gasteiger partial charge in [0.15, 0.2) is 0 Å². The molecule has 0 radical (unpaired) electrons. The molecule has 3 amide bonds. The van der Waals surface area contributed by atoms with E-state index < -0.39 is 54.2 Å². The molecule has 1 aromatic carbocycles. The Hall–Kier alpha value is -3.47. The van der Waals surface area contributed by atoms with Gasteiger partial charge in [0.1, 0.15) is 18.1 Å². The Balaban J connectivity index is 2.84. The Morgan fingerprint density at radius 2 is 1.58 bits per heavy atom. The molecule has 3 atom stereocenters. The van der Waals surface area contributed by atoms with Gasteiger partial charge < -0.3 is 31.1 Å². The molecule has 0 fully saturated rings.